The predicted molar refractivity (Wildman–Crippen MR) is 65.4 cm³/mol. The molecule has 0 unspecified atom stereocenters. The summed E-state index contributed by atoms with van der Waals surface area (Å²) in [7, 11) is 0. The lowest BCUT2D eigenvalue weighted by atomic mass is 10.0. The maximum atomic E-state index is 11.1. The molecule has 0 radical (unpaired) electrons. The zero-order valence-corrected chi connectivity index (χ0v) is 9.55. The fourth-order valence-corrected chi connectivity index (χ4v) is 1.72. The number of hydrogen-bond acceptors (Lipinski definition) is 3. The Kier molecular flexibility index (Phi) is 3.14. The van der Waals surface area contributed by atoms with E-state index in [-0.39, 0.29) is 5.69 Å². The Balaban J connectivity index is 2.52. The number of aryl methyl sites for hydroxylation is 1. The van der Waals surface area contributed by atoms with Crippen LogP contribution in [0.2, 0.25) is 0 Å². The van der Waals surface area contributed by atoms with Crippen molar-refractivity contribution < 1.29 is 4.79 Å². The van der Waals surface area contributed by atoms with Crippen LogP contribution in [0.1, 0.15) is 23.1 Å². The molecule has 0 saturated heterocycles. The van der Waals surface area contributed by atoms with Crippen LogP contribution in [0.25, 0.3) is 11.1 Å². The molecule has 2 heterocycles. The van der Waals surface area contributed by atoms with Crippen LogP contribution in [0.3, 0.4) is 0 Å². The molecule has 2 aromatic rings. The Bertz CT molecular complexity index is 552. The number of pyridine rings is 2. The molecule has 0 aliphatic rings. The lowest BCUT2D eigenvalue weighted by Crippen LogP contribution is -2.12. The largest absolute Gasteiger partial charge is 0.364 e. The van der Waals surface area contributed by atoms with Crippen molar-refractivity contribution in [3.05, 3.63) is 48.0 Å². The fourth-order valence-electron chi connectivity index (χ4n) is 1.72. The van der Waals surface area contributed by atoms with Crippen molar-refractivity contribution >= 4 is 5.91 Å². The van der Waals surface area contributed by atoms with E-state index >= 15 is 0 Å². The number of nitrogens with zero attached hydrogens (tertiary/aromatic N) is 2. The molecule has 0 aliphatic carbocycles. The first-order chi connectivity index (χ1) is 8.22. The van der Waals surface area contributed by atoms with Gasteiger partial charge >= 0.3 is 0 Å². The minimum absolute atomic E-state index is 0.272. The highest BCUT2D eigenvalue weighted by atomic mass is 16.1. The normalized spacial score (nSPS) is 10.2. The summed E-state index contributed by atoms with van der Waals surface area (Å²) in [6.45, 7) is 2.04. The number of primary amides is 1. The first-order valence-electron chi connectivity index (χ1n) is 5.42. The summed E-state index contributed by atoms with van der Waals surface area (Å²) in [5.41, 5.74) is 8.41. The van der Waals surface area contributed by atoms with Crippen molar-refractivity contribution in [2.45, 2.75) is 13.3 Å². The average Bonchev–Trinajstić information content (AvgIpc) is 2.39. The van der Waals surface area contributed by atoms with E-state index in [1.807, 2.05) is 25.1 Å². The number of nitrogens with two attached hydrogens (primary N) is 1. The second kappa shape index (κ2) is 4.74. The average molecular weight is 227 g/mol. The Morgan fingerprint density at radius 2 is 2.12 bits per heavy atom. The van der Waals surface area contributed by atoms with E-state index in [2.05, 4.69) is 9.97 Å². The minimum Gasteiger partial charge on any atom is -0.364 e. The van der Waals surface area contributed by atoms with Gasteiger partial charge in [0.25, 0.3) is 5.91 Å². The number of hydrogen-bond donors (Lipinski definition) is 1. The fraction of sp³-hybridized carbons (Fsp3) is 0.154. The third-order valence-electron chi connectivity index (χ3n) is 2.55. The van der Waals surface area contributed by atoms with Gasteiger partial charge in [-0.25, -0.2) is 0 Å². The Labute approximate surface area is 99.5 Å². The van der Waals surface area contributed by atoms with Crippen molar-refractivity contribution in [1.82, 2.24) is 9.97 Å². The lowest BCUT2D eigenvalue weighted by molar-refractivity contribution is 0.0995. The van der Waals surface area contributed by atoms with Crippen LogP contribution in [0.5, 0.6) is 0 Å². The summed E-state index contributed by atoms with van der Waals surface area (Å²) in [6, 6.07) is 7.39. The number of amides is 1. The maximum Gasteiger partial charge on any atom is 0.267 e. The van der Waals surface area contributed by atoms with Crippen molar-refractivity contribution in [2.75, 3.05) is 0 Å². The highest BCUT2D eigenvalue weighted by Gasteiger charge is 2.07. The van der Waals surface area contributed by atoms with Crippen LogP contribution in [0.15, 0.2) is 36.7 Å². The molecule has 17 heavy (non-hydrogen) atoms. The Morgan fingerprint density at radius 3 is 2.82 bits per heavy atom. The van der Waals surface area contributed by atoms with E-state index in [4.69, 9.17) is 5.73 Å². The van der Waals surface area contributed by atoms with Gasteiger partial charge in [0.15, 0.2) is 0 Å². The molecule has 0 atom stereocenters. The molecule has 4 heteroatoms. The van der Waals surface area contributed by atoms with Gasteiger partial charge in [-0.2, -0.15) is 0 Å². The first kappa shape index (κ1) is 11.3. The van der Waals surface area contributed by atoms with Gasteiger partial charge in [-0.15, -0.1) is 0 Å². The third kappa shape index (κ3) is 2.30. The topological polar surface area (TPSA) is 68.9 Å². The van der Waals surface area contributed by atoms with E-state index in [0.717, 1.165) is 23.2 Å². The molecule has 86 valence electrons. The molecule has 0 bridgehead atoms. The summed E-state index contributed by atoms with van der Waals surface area (Å²) >= 11 is 0. The zero-order chi connectivity index (χ0) is 12.3. The molecule has 0 aromatic carbocycles. The second-order valence-corrected chi connectivity index (χ2v) is 3.65. The molecular weight excluding hydrogens is 214 g/mol. The highest BCUT2D eigenvalue weighted by Crippen LogP contribution is 2.22. The van der Waals surface area contributed by atoms with Gasteiger partial charge in [-0.05, 0) is 30.2 Å². The lowest BCUT2D eigenvalue weighted by Gasteiger charge is -2.07. The molecule has 0 saturated carbocycles. The van der Waals surface area contributed by atoms with Crippen LogP contribution in [0, 0.1) is 0 Å². The van der Waals surface area contributed by atoms with Gasteiger partial charge in [0.1, 0.15) is 5.69 Å². The predicted octanol–water partition coefficient (Wildman–Crippen LogP) is 1.80. The molecule has 1 amide bonds. The van der Waals surface area contributed by atoms with Gasteiger partial charge in [-0.1, -0.05) is 13.0 Å². The minimum atomic E-state index is -0.520. The Morgan fingerprint density at radius 1 is 1.29 bits per heavy atom. The SMILES string of the molecule is CCc1ncccc1-c1ccnc(C(N)=O)c1. The second-order valence-electron chi connectivity index (χ2n) is 3.65. The number of rotatable bonds is 3. The van der Waals surface area contributed by atoms with Gasteiger partial charge < -0.3 is 5.73 Å². The molecule has 2 N–H and O–H groups in total. The highest BCUT2D eigenvalue weighted by molar-refractivity contribution is 5.92. The van der Waals surface area contributed by atoms with E-state index in [9.17, 15) is 4.79 Å². The van der Waals surface area contributed by atoms with Crippen molar-refractivity contribution in [3.8, 4) is 11.1 Å². The molecule has 2 rings (SSSR count). The van der Waals surface area contributed by atoms with Crippen molar-refractivity contribution in [1.29, 1.82) is 0 Å². The van der Waals surface area contributed by atoms with Crippen LogP contribution >= 0.6 is 0 Å². The molecule has 4 nitrogen and oxygen atoms in total. The number of carbonyl (C=O) groups is 1. The van der Waals surface area contributed by atoms with Crippen LogP contribution < -0.4 is 5.73 Å². The van der Waals surface area contributed by atoms with E-state index in [1.54, 1.807) is 18.5 Å². The van der Waals surface area contributed by atoms with E-state index in [0.29, 0.717) is 0 Å². The quantitative estimate of drug-likeness (QED) is 0.869. The first-order valence-corrected chi connectivity index (χ1v) is 5.42. The van der Waals surface area contributed by atoms with Crippen LogP contribution in [0.4, 0.5) is 0 Å². The summed E-state index contributed by atoms with van der Waals surface area (Å²) in [5.74, 6) is -0.520. The molecular formula is C13H13N3O. The van der Waals surface area contributed by atoms with Crippen molar-refractivity contribution in [2.24, 2.45) is 5.73 Å². The molecule has 0 fully saturated rings. The summed E-state index contributed by atoms with van der Waals surface area (Å²) in [6.07, 6.45) is 4.19. The maximum absolute atomic E-state index is 11.1. The van der Waals surface area contributed by atoms with Gasteiger partial charge in [0, 0.05) is 23.7 Å². The molecule has 0 spiro atoms. The smallest absolute Gasteiger partial charge is 0.267 e. The summed E-state index contributed by atoms with van der Waals surface area (Å²) in [5, 5.41) is 0. The van der Waals surface area contributed by atoms with E-state index < -0.39 is 5.91 Å². The molecule has 0 aliphatic heterocycles. The van der Waals surface area contributed by atoms with Gasteiger partial charge in [-0.3, -0.25) is 14.8 Å². The number of aromatic nitrogens is 2. The third-order valence-corrected chi connectivity index (χ3v) is 2.55. The summed E-state index contributed by atoms with van der Waals surface area (Å²) < 4.78 is 0. The van der Waals surface area contributed by atoms with Crippen LogP contribution in [-0.4, -0.2) is 15.9 Å². The monoisotopic (exact) mass is 227 g/mol. The standard InChI is InChI=1S/C13H13N3O/c1-2-11-10(4-3-6-15-11)9-5-7-16-12(8-9)13(14)17/h3-8H,2H2,1H3,(H2,14,17). The molecule has 2 aromatic heterocycles. The van der Waals surface area contributed by atoms with Crippen molar-refractivity contribution in [3.63, 3.8) is 0 Å². The van der Waals surface area contributed by atoms with Gasteiger partial charge in [0.2, 0.25) is 0 Å². The number of carbonyl (C=O) groups excluding carboxylic acids is 1. The zero-order valence-electron chi connectivity index (χ0n) is 9.55. The van der Waals surface area contributed by atoms with Gasteiger partial charge in [0.05, 0.1) is 0 Å². The summed E-state index contributed by atoms with van der Waals surface area (Å²) in [4.78, 5) is 19.3. The van der Waals surface area contributed by atoms with E-state index in [1.165, 1.54) is 0 Å². The Hall–Kier alpha value is -2.23. The van der Waals surface area contributed by atoms with Crippen LogP contribution in [-0.2, 0) is 6.42 Å².